The van der Waals surface area contributed by atoms with Gasteiger partial charge in [-0.25, -0.2) is 0 Å². The summed E-state index contributed by atoms with van der Waals surface area (Å²) in [5.41, 5.74) is 29.8. The fraction of sp³-hybridized carbons (Fsp3) is 0.308. The standard InChI is InChI=1S/C78H80N2/c1-41(2)53-21-17-22-54(42(3)4)69(53)49-31-35-65-63(37-49)75-73-61-33-29-52(72-59(47(13)14)27-20-28-60(72)48(15)16)40-68(61)80-66-36-32-50(70-55(43(5)6)23-18-24-56(70)44(7)8)38-64(66)76(78(73)80)74-62-34-30-51(39-67(62)79(65)77(74)75)71-57(45(9)10)25-19-26-58(71)46(11)12/h17-48H,1-16H3. The normalized spacial score (nSPS) is 12.9. The van der Waals surface area contributed by atoms with Gasteiger partial charge in [0.1, 0.15) is 0 Å². The Morgan fingerprint density at radius 2 is 0.450 bits per heavy atom. The molecule has 4 aromatic heterocycles. The van der Waals surface area contributed by atoms with Gasteiger partial charge in [-0.15, -0.1) is 0 Å². The Labute approximate surface area is 475 Å². The van der Waals surface area contributed by atoms with Crippen molar-refractivity contribution in [1.29, 1.82) is 0 Å². The van der Waals surface area contributed by atoms with Crippen molar-refractivity contribution in [1.82, 2.24) is 8.80 Å². The maximum absolute atomic E-state index is 2.70. The van der Waals surface area contributed by atoms with E-state index in [1.54, 1.807) is 0 Å². The van der Waals surface area contributed by atoms with E-state index in [4.69, 9.17) is 0 Å². The first-order chi connectivity index (χ1) is 38.4. The summed E-state index contributed by atoms with van der Waals surface area (Å²) in [6.45, 7) is 37.7. The first-order valence-electron chi connectivity index (χ1n) is 30.3. The van der Waals surface area contributed by atoms with Gasteiger partial charge in [-0.2, -0.15) is 0 Å². The maximum Gasteiger partial charge on any atom is 0.0634 e. The minimum Gasteiger partial charge on any atom is -0.308 e. The van der Waals surface area contributed by atoms with Crippen LogP contribution in [0.15, 0.2) is 146 Å². The fourth-order valence-electron chi connectivity index (χ4n) is 14.8. The maximum atomic E-state index is 2.70. The van der Waals surface area contributed by atoms with Crippen LogP contribution in [0.2, 0.25) is 0 Å². The Bertz CT molecular complexity index is 4190. The van der Waals surface area contributed by atoms with Gasteiger partial charge < -0.3 is 8.80 Å². The van der Waals surface area contributed by atoms with Crippen molar-refractivity contribution in [2.24, 2.45) is 0 Å². The highest BCUT2D eigenvalue weighted by Gasteiger charge is 2.31. The molecule has 13 rings (SSSR count). The van der Waals surface area contributed by atoms with Gasteiger partial charge in [0, 0.05) is 43.1 Å². The largest absolute Gasteiger partial charge is 0.308 e. The second-order valence-electron chi connectivity index (χ2n) is 26.3. The lowest BCUT2D eigenvalue weighted by Gasteiger charge is -2.20. The van der Waals surface area contributed by atoms with Crippen molar-refractivity contribution in [3.8, 4) is 44.5 Å². The Balaban J connectivity index is 1.27. The van der Waals surface area contributed by atoms with Crippen LogP contribution in [0.5, 0.6) is 0 Å². The summed E-state index contributed by atoms with van der Waals surface area (Å²) in [5, 5.41) is 10.7. The lowest BCUT2D eigenvalue weighted by molar-refractivity contribution is 0.838. The van der Waals surface area contributed by atoms with Gasteiger partial charge in [0.25, 0.3) is 0 Å². The minimum absolute atomic E-state index is 0.376. The second kappa shape index (κ2) is 19.1. The predicted octanol–water partition coefficient (Wildman–Crippen LogP) is 23.6. The summed E-state index contributed by atoms with van der Waals surface area (Å²) >= 11 is 0. The Morgan fingerprint density at radius 1 is 0.225 bits per heavy atom. The molecular weight excluding hydrogens is 965 g/mol. The van der Waals surface area contributed by atoms with Gasteiger partial charge in [-0.1, -0.05) is 220 Å². The summed E-state index contributed by atoms with van der Waals surface area (Å²) in [6, 6.07) is 58.1. The van der Waals surface area contributed by atoms with E-state index in [1.165, 1.54) is 165 Å². The van der Waals surface area contributed by atoms with Gasteiger partial charge in [0.2, 0.25) is 0 Å². The predicted molar refractivity (Wildman–Crippen MR) is 350 cm³/mol. The van der Waals surface area contributed by atoms with E-state index >= 15 is 0 Å². The van der Waals surface area contributed by atoms with Crippen LogP contribution in [0.1, 0.15) is 203 Å². The molecule has 0 aliphatic rings. The van der Waals surface area contributed by atoms with Crippen LogP contribution in [0.4, 0.5) is 0 Å². The molecule has 0 fully saturated rings. The molecule has 0 N–H and O–H groups in total. The number of nitrogens with zero attached hydrogens (tertiary/aromatic N) is 2. The van der Waals surface area contributed by atoms with E-state index in [0.29, 0.717) is 47.3 Å². The first-order valence-corrected chi connectivity index (χ1v) is 30.3. The van der Waals surface area contributed by atoms with E-state index in [9.17, 15) is 0 Å². The molecule has 2 heteroatoms. The molecule has 0 atom stereocenters. The number of hydrogen-bond acceptors (Lipinski definition) is 0. The molecule has 0 radical (unpaired) electrons. The zero-order valence-corrected chi connectivity index (χ0v) is 50.4. The summed E-state index contributed by atoms with van der Waals surface area (Å²) in [6.07, 6.45) is 0. The molecule has 4 heterocycles. The van der Waals surface area contributed by atoms with Crippen LogP contribution in [-0.2, 0) is 0 Å². The van der Waals surface area contributed by atoms with Crippen molar-refractivity contribution < 1.29 is 0 Å². The zero-order valence-electron chi connectivity index (χ0n) is 50.4. The number of aromatic nitrogens is 2. The van der Waals surface area contributed by atoms with Gasteiger partial charge in [0.05, 0.1) is 33.1 Å². The Morgan fingerprint density at radius 3 is 0.700 bits per heavy atom. The van der Waals surface area contributed by atoms with Gasteiger partial charge in [-0.05, 0) is 173 Å². The molecule has 80 heavy (non-hydrogen) atoms. The summed E-state index contributed by atoms with van der Waals surface area (Å²) < 4.78 is 5.39. The fourth-order valence-corrected chi connectivity index (χ4v) is 14.8. The van der Waals surface area contributed by atoms with Crippen LogP contribution < -0.4 is 0 Å². The highest BCUT2D eigenvalue weighted by molar-refractivity contribution is 6.45. The third-order valence-electron chi connectivity index (χ3n) is 18.6. The average molecular weight is 1050 g/mol. The molecule has 0 aliphatic heterocycles. The molecule has 0 bridgehead atoms. The van der Waals surface area contributed by atoms with Crippen molar-refractivity contribution in [2.75, 3.05) is 0 Å². The molecule has 0 amide bonds. The molecule has 0 saturated heterocycles. The van der Waals surface area contributed by atoms with Crippen LogP contribution in [-0.4, -0.2) is 8.80 Å². The topological polar surface area (TPSA) is 8.82 Å². The van der Waals surface area contributed by atoms with Crippen LogP contribution in [0.3, 0.4) is 0 Å². The van der Waals surface area contributed by atoms with E-state index < -0.39 is 0 Å². The molecule has 0 aliphatic carbocycles. The molecule has 402 valence electrons. The third-order valence-corrected chi connectivity index (χ3v) is 18.6. The van der Waals surface area contributed by atoms with Crippen molar-refractivity contribution >= 4 is 76.2 Å². The number of benzene rings is 9. The smallest absolute Gasteiger partial charge is 0.0634 e. The van der Waals surface area contributed by atoms with Crippen molar-refractivity contribution in [3.05, 3.63) is 190 Å². The number of hydrogen-bond donors (Lipinski definition) is 0. The van der Waals surface area contributed by atoms with Gasteiger partial charge >= 0.3 is 0 Å². The van der Waals surface area contributed by atoms with E-state index in [2.05, 4.69) is 265 Å². The zero-order chi connectivity index (χ0) is 56.1. The monoisotopic (exact) mass is 1040 g/mol. The lowest BCUT2D eigenvalue weighted by atomic mass is 9.84. The molecular formula is C78H80N2. The second-order valence-corrected chi connectivity index (χ2v) is 26.3. The Hall–Kier alpha value is -7.42. The third kappa shape index (κ3) is 7.56. The van der Waals surface area contributed by atoms with Gasteiger partial charge in [0.15, 0.2) is 0 Å². The first kappa shape index (κ1) is 52.0. The molecule has 13 aromatic rings. The molecule has 9 aromatic carbocycles. The number of rotatable bonds is 12. The average Bonchev–Trinajstić information content (AvgIpc) is 4.29. The molecule has 2 nitrogen and oxygen atoms in total. The van der Waals surface area contributed by atoms with Gasteiger partial charge in [-0.3, -0.25) is 0 Å². The van der Waals surface area contributed by atoms with Crippen molar-refractivity contribution in [3.63, 3.8) is 0 Å². The minimum atomic E-state index is 0.376. The summed E-state index contributed by atoms with van der Waals surface area (Å²) in [7, 11) is 0. The number of fused-ring (bicyclic) bond motifs is 14. The molecule has 0 unspecified atom stereocenters. The lowest BCUT2D eigenvalue weighted by Crippen LogP contribution is -2.00. The van der Waals surface area contributed by atoms with Crippen molar-refractivity contribution in [2.45, 2.75) is 158 Å². The van der Waals surface area contributed by atoms with Crippen LogP contribution >= 0.6 is 0 Å². The quantitative estimate of drug-likeness (QED) is 0.115. The molecule has 0 spiro atoms. The van der Waals surface area contributed by atoms with E-state index in [1.807, 2.05) is 0 Å². The van der Waals surface area contributed by atoms with Crippen LogP contribution in [0, 0.1) is 0 Å². The van der Waals surface area contributed by atoms with E-state index in [0.717, 1.165) is 0 Å². The SMILES string of the molecule is CC(C)c1cccc(C(C)C)c1-c1ccc2c(c1)c1c3c4ccc(-c5c(C(C)C)cccc5C(C)C)cc4n4c5ccc(-c6c(C(C)C)cccc6C(C)C)cc5c(c5c6ccc(-c7c(C(C)C)cccc7C(C)C)cc6n2c15)c34. The van der Waals surface area contributed by atoms with Crippen LogP contribution in [0.25, 0.3) is 121 Å². The molecule has 0 saturated carbocycles. The summed E-state index contributed by atoms with van der Waals surface area (Å²) in [4.78, 5) is 0. The highest BCUT2D eigenvalue weighted by Crippen LogP contribution is 2.55. The highest BCUT2D eigenvalue weighted by atomic mass is 14.9. The Kier molecular flexibility index (Phi) is 12.4. The summed E-state index contributed by atoms with van der Waals surface area (Å²) in [5.74, 6) is 3.02. The van der Waals surface area contributed by atoms with E-state index in [-0.39, 0.29) is 0 Å².